The molecular formula is C18H20N4O4. The average Bonchev–Trinajstić information content (AvgIpc) is 2.93. The van der Waals surface area contributed by atoms with Gasteiger partial charge in [-0.1, -0.05) is 6.07 Å². The van der Waals surface area contributed by atoms with Gasteiger partial charge < -0.3 is 19.5 Å². The summed E-state index contributed by atoms with van der Waals surface area (Å²) in [6.07, 6.45) is 2.15. The molecule has 0 aromatic carbocycles. The van der Waals surface area contributed by atoms with Crippen LogP contribution in [0.15, 0.2) is 41.3 Å². The number of hydrogen-bond donors (Lipinski definition) is 1. The van der Waals surface area contributed by atoms with E-state index in [1.54, 1.807) is 34.1 Å². The van der Waals surface area contributed by atoms with E-state index in [0.29, 0.717) is 44.0 Å². The molecule has 0 spiro atoms. The zero-order valence-electron chi connectivity index (χ0n) is 14.5. The number of aromatic nitrogens is 2. The molecule has 3 rings (SSSR count). The third-order valence-electron chi connectivity index (χ3n) is 4.26. The maximum Gasteiger partial charge on any atom is 0.270 e. The van der Waals surface area contributed by atoms with Crippen LogP contribution in [-0.2, 0) is 0 Å². The quantitative estimate of drug-likeness (QED) is 0.876. The molecule has 0 aliphatic carbocycles. The molecule has 1 aliphatic heterocycles. The van der Waals surface area contributed by atoms with E-state index in [0.717, 1.165) is 0 Å². The highest BCUT2D eigenvalue weighted by molar-refractivity contribution is 5.94. The molecule has 1 N–H and O–H groups in total. The van der Waals surface area contributed by atoms with Crippen LogP contribution in [0.1, 0.15) is 27.3 Å². The van der Waals surface area contributed by atoms with Crippen molar-refractivity contribution in [3.05, 3.63) is 58.1 Å². The molecule has 1 fully saturated rings. The fourth-order valence-corrected chi connectivity index (χ4v) is 2.88. The van der Waals surface area contributed by atoms with E-state index in [2.05, 4.69) is 9.97 Å². The minimum absolute atomic E-state index is 0.123. The number of amides is 2. The minimum atomic E-state index is -0.311. The van der Waals surface area contributed by atoms with Gasteiger partial charge in [0.2, 0.25) is 11.4 Å². The molecule has 2 aromatic heterocycles. The fraction of sp³-hybridized carbons (Fsp3) is 0.333. The number of aromatic amines is 1. The number of nitrogens with one attached hydrogen (secondary N) is 1. The van der Waals surface area contributed by atoms with Crippen molar-refractivity contribution in [3.8, 4) is 5.88 Å². The molecule has 136 valence electrons. The van der Waals surface area contributed by atoms with Gasteiger partial charge in [0.1, 0.15) is 5.69 Å². The van der Waals surface area contributed by atoms with Gasteiger partial charge in [0, 0.05) is 44.5 Å². The molecular weight excluding hydrogens is 336 g/mol. The van der Waals surface area contributed by atoms with E-state index in [4.69, 9.17) is 4.74 Å². The van der Waals surface area contributed by atoms with Gasteiger partial charge in [0.25, 0.3) is 11.8 Å². The van der Waals surface area contributed by atoms with E-state index in [1.807, 2.05) is 0 Å². The highest BCUT2D eigenvalue weighted by atomic mass is 16.5. The second kappa shape index (κ2) is 7.81. The predicted octanol–water partition coefficient (Wildman–Crippen LogP) is 0.767. The first-order valence-corrected chi connectivity index (χ1v) is 8.36. The standard InChI is InChI=1S/C18H20N4O4/c1-26-16-7-6-13(12-19-16)17(24)21-8-3-9-22(11-10-21)18(25)14-4-2-5-15(23)20-14/h2,4-7,12H,3,8-11H2,1H3,(H,20,23). The molecule has 1 aliphatic rings. The highest BCUT2D eigenvalue weighted by Crippen LogP contribution is 2.12. The second-order valence-electron chi connectivity index (χ2n) is 5.96. The Hall–Kier alpha value is -3.16. The van der Waals surface area contributed by atoms with E-state index in [1.165, 1.54) is 19.4 Å². The van der Waals surface area contributed by atoms with Crippen LogP contribution >= 0.6 is 0 Å². The van der Waals surface area contributed by atoms with Crippen LogP contribution < -0.4 is 10.3 Å². The molecule has 8 heteroatoms. The Labute approximate surface area is 150 Å². The first-order chi connectivity index (χ1) is 12.6. The largest absolute Gasteiger partial charge is 0.481 e. The van der Waals surface area contributed by atoms with Crippen LogP contribution in [0.4, 0.5) is 0 Å². The predicted molar refractivity (Wildman–Crippen MR) is 94.3 cm³/mol. The van der Waals surface area contributed by atoms with Crippen molar-refractivity contribution in [2.75, 3.05) is 33.3 Å². The maximum absolute atomic E-state index is 12.6. The minimum Gasteiger partial charge on any atom is -0.481 e. The first kappa shape index (κ1) is 17.7. The molecule has 3 heterocycles. The Morgan fingerprint density at radius 1 is 1.04 bits per heavy atom. The molecule has 2 amide bonds. The molecule has 26 heavy (non-hydrogen) atoms. The Kier molecular flexibility index (Phi) is 5.31. The fourth-order valence-electron chi connectivity index (χ4n) is 2.88. The molecule has 0 radical (unpaired) electrons. The lowest BCUT2D eigenvalue weighted by molar-refractivity contribution is 0.0715. The molecule has 2 aromatic rings. The van der Waals surface area contributed by atoms with Gasteiger partial charge in [-0.15, -0.1) is 0 Å². The van der Waals surface area contributed by atoms with Crippen molar-refractivity contribution in [2.24, 2.45) is 0 Å². The summed E-state index contributed by atoms with van der Waals surface area (Å²) in [6.45, 7) is 1.92. The summed E-state index contributed by atoms with van der Waals surface area (Å²) in [6, 6.07) is 7.82. The Balaban J connectivity index is 1.66. The van der Waals surface area contributed by atoms with Crippen molar-refractivity contribution < 1.29 is 14.3 Å². The molecule has 1 saturated heterocycles. The summed E-state index contributed by atoms with van der Waals surface area (Å²) < 4.78 is 5.00. The molecule has 0 unspecified atom stereocenters. The third-order valence-corrected chi connectivity index (χ3v) is 4.26. The van der Waals surface area contributed by atoms with Crippen LogP contribution in [0.5, 0.6) is 5.88 Å². The van der Waals surface area contributed by atoms with Crippen LogP contribution in [0.2, 0.25) is 0 Å². The number of H-pyrrole nitrogens is 1. The van der Waals surface area contributed by atoms with Gasteiger partial charge in [0.05, 0.1) is 12.7 Å². The Bertz CT molecular complexity index is 847. The van der Waals surface area contributed by atoms with E-state index in [-0.39, 0.29) is 23.1 Å². The molecule has 0 saturated carbocycles. The number of carbonyl (C=O) groups is 2. The first-order valence-electron chi connectivity index (χ1n) is 8.36. The zero-order chi connectivity index (χ0) is 18.5. The number of hydrogen-bond acceptors (Lipinski definition) is 5. The summed E-state index contributed by atoms with van der Waals surface area (Å²) >= 11 is 0. The maximum atomic E-state index is 12.6. The number of carbonyl (C=O) groups excluding carboxylic acids is 2. The molecule has 0 atom stereocenters. The lowest BCUT2D eigenvalue weighted by Gasteiger charge is -2.22. The van der Waals surface area contributed by atoms with Crippen molar-refractivity contribution in [3.63, 3.8) is 0 Å². The third kappa shape index (κ3) is 3.90. The highest BCUT2D eigenvalue weighted by Gasteiger charge is 2.24. The topological polar surface area (TPSA) is 95.6 Å². The SMILES string of the molecule is COc1ccc(C(=O)N2CCCN(C(=O)c3cccc(=O)[nH]3)CC2)cn1. The van der Waals surface area contributed by atoms with Gasteiger partial charge >= 0.3 is 0 Å². The normalized spacial score (nSPS) is 14.7. The van der Waals surface area contributed by atoms with Crippen molar-refractivity contribution >= 4 is 11.8 Å². The lowest BCUT2D eigenvalue weighted by Crippen LogP contribution is -2.38. The van der Waals surface area contributed by atoms with Crippen LogP contribution in [0.3, 0.4) is 0 Å². The summed E-state index contributed by atoms with van der Waals surface area (Å²) in [4.78, 5) is 46.6. The van der Waals surface area contributed by atoms with Gasteiger partial charge in [-0.25, -0.2) is 4.98 Å². The Morgan fingerprint density at radius 3 is 2.38 bits per heavy atom. The van der Waals surface area contributed by atoms with E-state index in [9.17, 15) is 14.4 Å². The van der Waals surface area contributed by atoms with E-state index >= 15 is 0 Å². The summed E-state index contributed by atoms with van der Waals surface area (Å²) in [5, 5.41) is 0. The summed E-state index contributed by atoms with van der Waals surface area (Å²) in [7, 11) is 1.52. The summed E-state index contributed by atoms with van der Waals surface area (Å²) in [5.41, 5.74) is 0.434. The summed E-state index contributed by atoms with van der Waals surface area (Å²) in [5.74, 6) is 0.0942. The molecule has 8 nitrogen and oxygen atoms in total. The van der Waals surface area contributed by atoms with Gasteiger partial charge in [-0.2, -0.15) is 0 Å². The van der Waals surface area contributed by atoms with Crippen LogP contribution in [-0.4, -0.2) is 64.9 Å². The number of rotatable bonds is 3. The zero-order valence-corrected chi connectivity index (χ0v) is 14.5. The van der Waals surface area contributed by atoms with Gasteiger partial charge in [-0.3, -0.25) is 14.4 Å². The van der Waals surface area contributed by atoms with Crippen LogP contribution in [0.25, 0.3) is 0 Å². The van der Waals surface area contributed by atoms with Gasteiger partial charge in [0.15, 0.2) is 0 Å². The number of methoxy groups -OCH3 is 1. The van der Waals surface area contributed by atoms with Crippen molar-refractivity contribution in [1.82, 2.24) is 19.8 Å². The van der Waals surface area contributed by atoms with Crippen molar-refractivity contribution in [2.45, 2.75) is 6.42 Å². The monoisotopic (exact) mass is 356 g/mol. The smallest absolute Gasteiger partial charge is 0.270 e. The second-order valence-corrected chi connectivity index (χ2v) is 5.96. The Morgan fingerprint density at radius 2 is 1.77 bits per heavy atom. The number of ether oxygens (including phenoxy) is 1. The number of nitrogens with zero attached hydrogens (tertiary/aromatic N) is 3. The average molecular weight is 356 g/mol. The number of pyridine rings is 2. The van der Waals surface area contributed by atoms with E-state index < -0.39 is 0 Å². The van der Waals surface area contributed by atoms with Crippen LogP contribution in [0, 0.1) is 0 Å². The molecule has 0 bridgehead atoms. The lowest BCUT2D eigenvalue weighted by atomic mass is 10.2. The van der Waals surface area contributed by atoms with Crippen molar-refractivity contribution in [1.29, 1.82) is 0 Å². The van der Waals surface area contributed by atoms with Gasteiger partial charge in [-0.05, 0) is 18.6 Å².